The van der Waals surface area contributed by atoms with Crippen LogP contribution >= 0.6 is 0 Å². The van der Waals surface area contributed by atoms with Crippen LogP contribution in [0.25, 0.3) is 45.5 Å². The van der Waals surface area contributed by atoms with Gasteiger partial charge in [0.2, 0.25) is 0 Å². The quantitative estimate of drug-likeness (QED) is 0.202. The van der Waals surface area contributed by atoms with E-state index in [1.54, 1.807) is 26.4 Å². The molecule has 0 unspecified atom stereocenters. The first kappa shape index (κ1) is 24.9. The van der Waals surface area contributed by atoms with Crippen LogP contribution < -0.4 is 9.47 Å². The zero-order chi connectivity index (χ0) is 27.5. The summed E-state index contributed by atoms with van der Waals surface area (Å²) in [5.74, 6) is 2.87. The molecule has 2 heterocycles. The van der Waals surface area contributed by atoms with Gasteiger partial charge in [-0.3, -0.25) is 13.9 Å². The van der Waals surface area contributed by atoms with E-state index in [4.69, 9.17) is 19.4 Å². The summed E-state index contributed by atoms with van der Waals surface area (Å²) >= 11 is 0. The van der Waals surface area contributed by atoms with E-state index in [1.165, 1.54) is 0 Å². The van der Waals surface area contributed by atoms with E-state index in [0.717, 1.165) is 51.7 Å². The van der Waals surface area contributed by atoms with Crippen LogP contribution in [0.4, 0.5) is 0 Å². The Hall–Kier alpha value is -5.43. The van der Waals surface area contributed by atoms with Crippen LogP contribution in [0.2, 0.25) is 0 Å². The van der Waals surface area contributed by atoms with Crippen molar-refractivity contribution in [3.8, 4) is 57.0 Å². The molecule has 0 spiro atoms. The first-order chi connectivity index (χ1) is 19.7. The lowest BCUT2D eigenvalue weighted by Crippen LogP contribution is -2.06. The van der Waals surface area contributed by atoms with Crippen molar-refractivity contribution in [1.82, 2.24) is 19.1 Å². The van der Waals surface area contributed by atoms with Gasteiger partial charge in [-0.05, 0) is 48.5 Å². The Morgan fingerprint density at radius 1 is 0.575 bits per heavy atom. The number of rotatable bonds is 8. The summed E-state index contributed by atoms with van der Waals surface area (Å²) in [6.45, 7) is 0. The lowest BCUT2D eigenvalue weighted by Gasteiger charge is -2.16. The molecule has 0 fully saturated rings. The molecule has 7 heteroatoms. The van der Waals surface area contributed by atoms with Gasteiger partial charge in [-0.15, -0.1) is 0 Å². The van der Waals surface area contributed by atoms with Gasteiger partial charge in [0.1, 0.15) is 17.8 Å². The highest BCUT2D eigenvalue weighted by atomic mass is 16.5. The first-order valence-corrected chi connectivity index (χ1v) is 12.8. The van der Waals surface area contributed by atoms with Gasteiger partial charge < -0.3 is 9.47 Å². The molecule has 0 N–H and O–H groups in total. The molecule has 6 aromatic rings. The fourth-order valence-corrected chi connectivity index (χ4v) is 4.75. The number of ether oxygens (including phenoxy) is 2. The first-order valence-electron chi connectivity index (χ1n) is 12.8. The summed E-state index contributed by atoms with van der Waals surface area (Å²) < 4.78 is 15.0. The standard InChI is InChI=1S/C33H26N4O3/c1-39-28-16-12-26(13-17-28)36-30(24-6-4-3-5-7-24)20-34-32(36)33-35-21-31(25-10-8-23(22-38)9-11-25)37(33)27-14-18-29(40-2)19-15-27/h3-22H,1-2H3. The summed E-state index contributed by atoms with van der Waals surface area (Å²) in [6.07, 6.45) is 4.55. The van der Waals surface area contributed by atoms with Crippen LogP contribution in [0.15, 0.2) is 116 Å². The van der Waals surface area contributed by atoms with Crippen molar-refractivity contribution < 1.29 is 14.3 Å². The third-order valence-corrected chi connectivity index (χ3v) is 6.80. The number of carbonyl (C=O) groups excluding carboxylic acids is 1. The van der Waals surface area contributed by atoms with Crippen molar-refractivity contribution in [3.63, 3.8) is 0 Å². The highest BCUT2D eigenvalue weighted by molar-refractivity contribution is 5.77. The van der Waals surface area contributed by atoms with Crippen molar-refractivity contribution in [2.75, 3.05) is 14.2 Å². The number of aromatic nitrogens is 4. The molecule has 0 aliphatic heterocycles. The molecule has 0 bridgehead atoms. The zero-order valence-corrected chi connectivity index (χ0v) is 22.1. The Kier molecular flexibility index (Phi) is 6.68. The van der Waals surface area contributed by atoms with Crippen molar-refractivity contribution >= 4 is 6.29 Å². The normalized spacial score (nSPS) is 10.8. The fraction of sp³-hybridized carbons (Fsp3) is 0.0606. The Morgan fingerprint density at radius 3 is 1.45 bits per heavy atom. The largest absolute Gasteiger partial charge is 0.497 e. The number of imidazole rings is 2. The lowest BCUT2D eigenvalue weighted by molar-refractivity contribution is 0.112. The minimum Gasteiger partial charge on any atom is -0.497 e. The third-order valence-electron chi connectivity index (χ3n) is 6.80. The predicted molar refractivity (Wildman–Crippen MR) is 155 cm³/mol. The van der Waals surface area contributed by atoms with Crippen LogP contribution in [0.1, 0.15) is 10.4 Å². The van der Waals surface area contributed by atoms with E-state index >= 15 is 0 Å². The van der Waals surface area contributed by atoms with E-state index in [2.05, 4.69) is 21.3 Å². The van der Waals surface area contributed by atoms with Crippen molar-refractivity contribution in [2.45, 2.75) is 0 Å². The van der Waals surface area contributed by atoms with Crippen LogP contribution in [-0.4, -0.2) is 39.6 Å². The molecule has 4 aromatic carbocycles. The van der Waals surface area contributed by atoms with E-state index < -0.39 is 0 Å². The zero-order valence-electron chi connectivity index (χ0n) is 22.1. The molecule has 196 valence electrons. The monoisotopic (exact) mass is 526 g/mol. The lowest BCUT2D eigenvalue weighted by atomic mass is 10.1. The Bertz CT molecular complexity index is 1750. The smallest absolute Gasteiger partial charge is 0.181 e. The minimum absolute atomic E-state index is 0.613. The molecular formula is C33H26N4O3. The second-order valence-corrected chi connectivity index (χ2v) is 9.11. The maximum Gasteiger partial charge on any atom is 0.181 e. The van der Waals surface area contributed by atoms with Gasteiger partial charge in [-0.2, -0.15) is 0 Å². The van der Waals surface area contributed by atoms with E-state index in [0.29, 0.717) is 17.2 Å². The molecule has 0 saturated heterocycles. The highest BCUT2D eigenvalue weighted by Crippen LogP contribution is 2.35. The van der Waals surface area contributed by atoms with Gasteiger partial charge in [0.15, 0.2) is 11.6 Å². The summed E-state index contributed by atoms with van der Waals surface area (Å²) in [5.41, 5.74) is 6.18. The average molecular weight is 527 g/mol. The molecule has 6 rings (SSSR count). The van der Waals surface area contributed by atoms with Gasteiger partial charge in [-0.1, -0.05) is 54.6 Å². The number of carbonyl (C=O) groups is 1. The molecule has 40 heavy (non-hydrogen) atoms. The predicted octanol–water partition coefficient (Wildman–Crippen LogP) is 6.89. The van der Waals surface area contributed by atoms with Crippen molar-refractivity contribution in [2.24, 2.45) is 0 Å². The number of nitrogens with zero attached hydrogens (tertiary/aromatic N) is 4. The molecule has 0 aliphatic carbocycles. The molecule has 0 aliphatic rings. The summed E-state index contributed by atoms with van der Waals surface area (Å²) in [5, 5.41) is 0. The van der Waals surface area contributed by atoms with E-state index in [9.17, 15) is 4.79 Å². The molecular weight excluding hydrogens is 500 g/mol. The van der Waals surface area contributed by atoms with Crippen LogP contribution in [0, 0.1) is 0 Å². The van der Waals surface area contributed by atoms with Crippen molar-refractivity contribution in [3.05, 3.63) is 121 Å². The summed E-state index contributed by atoms with van der Waals surface area (Å²) in [6, 6.07) is 33.3. The number of hydrogen-bond acceptors (Lipinski definition) is 5. The third kappa shape index (κ3) is 4.54. The van der Waals surface area contributed by atoms with Gasteiger partial charge in [0.25, 0.3) is 0 Å². The van der Waals surface area contributed by atoms with Gasteiger partial charge in [-0.25, -0.2) is 9.97 Å². The second-order valence-electron chi connectivity index (χ2n) is 9.11. The highest BCUT2D eigenvalue weighted by Gasteiger charge is 2.23. The Labute approximate surface area is 231 Å². The number of benzene rings is 4. The molecule has 0 saturated carbocycles. The maximum atomic E-state index is 11.3. The molecule has 2 aromatic heterocycles. The summed E-state index contributed by atoms with van der Waals surface area (Å²) in [4.78, 5) is 21.1. The van der Waals surface area contributed by atoms with Crippen LogP contribution in [-0.2, 0) is 0 Å². The molecule has 0 atom stereocenters. The van der Waals surface area contributed by atoms with Gasteiger partial charge >= 0.3 is 0 Å². The molecule has 7 nitrogen and oxygen atoms in total. The average Bonchev–Trinajstić information content (AvgIpc) is 3.67. The SMILES string of the molecule is COc1ccc(-n2c(-c3ccccc3)cnc2-c2ncc(-c3ccc(C=O)cc3)n2-c2ccc(OC)cc2)cc1. The van der Waals surface area contributed by atoms with E-state index in [1.807, 2.05) is 91.3 Å². The Balaban J connectivity index is 1.60. The second kappa shape index (κ2) is 10.7. The van der Waals surface area contributed by atoms with E-state index in [-0.39, 0.29) is 0 Å². The van der Waals surface area contributed by atoms with Gasteiger partial charge in [0.05, 0.1) is 38.0 Å². The Morgan fingerprint density at radius 2 is 1.02 bits per heavy atom. The maximum absolute atomic E-state index is 11.3. The topological polar surface area (TPSA) is 71.2 Å². The van der Waals surface area contributed by atoms with Crippen LogP contribution in [0.3, 0.4) is 0 Å². The molecule has 0 radical (unpaired) electrons. The summed E-state index contributed by atoms with van der Waals surface area (Å²) in [7, 11) is 3.30. The van der Waals surface area contributed by atoms with Crippen molar-refractivity contribution in [1.29, 1.82) is 0 Å². The van der Waals surface area contributed by atoms with Gasteiger partial charge in [0, 0.05) is 28.1 Å². The fourth-order valence-electron chi connectivity index (χ4n) is 4.75. The minimum atomic E-state index is 0.613. The number of aldehydes is 1. The molecule has 0 amide bonds. The van der Waals surface area contributed by atoms with Crippen LogP contribution in [0.5, 0.6) is 11.5 Å². The number of hydrogen-bond donors (Lipinski definition) is 0. The number of methoxy groups -OCH3 is 2.